The van der Waals surface area contributed by atoms with Crippen molar-refractivity contribution in [3.05, 3.63) is 43.1 Å². The maximum atomic E-state index is 12.1. The molecular formula is C17H19N7O. The minimum atomic E-state index is -0.193. The Morgan fingerprint density at radius 1 is 1.24 bits per heavy atom. The Hall–Kier alpha value is -3.16. The fourth-order valence-corrected chi connectivity index (χ4v) is 3.14. The van der Waals surface area contributed by atoms with Gasteiger partial charge in [-0.25, -0.2) is 14.8 Å². The van der Waals surface area contributed by atoms with Gasteiger partial charge in [0.25, 0.3) is 0 Å². The molecule has 0 spiro atoms. The number of rotatable bonds is 3. The highest BCUT2D eigenvalue weighted by Crippen LogP contribution is 2.25. The molecule has 1 fully saturated rings. The summed E-state index contributed by atoms with van der Waals surface area (Å²) in [5, 5.41) is 6.86. The normalized spacial score (nSPS) is 15.3. The number of hydrogen-bond acceptors (Lipinski definition) is 5. The maximum absolute atomic E-state index is 12.1. The van der Waals surface area contributed by atoms with Gasteiger partial charge in [0.2, 0.25) is 0 Å². The third-order valence-corrected chi connectivity index (χ3v) is 4.38. The van der Waals surface area contributed by atoms with Crippen LogP contribution in [0.2, 0.25) is 0 Å². The van der Waals surface area contributed by atoms with E-state index < -0.39 is 0 Å². The van der Waals surface area contributed by atoms with Crippen LogP contribution in [-0.2, 0) is 0 Å². The second-order valence-electron chi connectivity index (χ2n) is 6.04. The Kier molecular flexibility index (Phi) is 4.16. The molecule has 8 heteroatoms. The molecule has 0 aliphatic carbocycles. The molecule has 4 rings (SSSR count). The van der Waals surface area contributed by atoms with Crippen LogP contribution < -0.4 is 15.5 Å². The molecule has 4 heterocycles. The summed E-state index contributed by atoms with van der Waals surface area (Å²) in [5.41, 5.74) is 1.54. The highest BCUT2D eigenvalue weighted by molar-refractivity contribution is 5.89. The van der Waals surface area contributed by atoms with Crippen LogP contribution in [0.4, 0.5) is 16.3 Å². The zero-order chi connectivity index (χ0) is 17.1. The zero-order valence-corrected chi connectivity index (χ0v) is 13.6. The first kappa shape index (κ1) is 15.4. The van der Waals surface area contributed by atoms with Crippen LogP contribution in [0, 0.1) is 0 Å². The monoisotopic (exact) mass is 337 g/mol. The van der Waals surface area contributed by atoms with Crippen molar-refractivity contribution in [2.24, 2.45) is 0 Å². The number of anilines is 2. The molecule has 0 bridgehead atoms. The van der Waals surface area contributed by atoms with Crippen molar-refractivity contribution < 1.29 is 4.79 Å². The molecule has 3 aromatic rings. The first-order valence-corrected chi connectivity index (χ1v) is 8.30. The Morgan fingerprint density at radius 2 is 2.12 bits per heavy atom. The van der Waals surface area contributed by atoms with Crippen LogP contribution in [0.25, 0.3) is 11.0 Å². The number of H-pyrrole nitrogens is 1. The van der Waals surface area contributed by atoms with E-state index in [0.717, 1.165) is 42.8 Å². The van der Waals surface area contributed by atoms with Gasteiger partial charge < -0.3 is 20.5 Å². The quantitative estimate of drug-likeness (QED) is 0.680. The van der Waals surface area contributed by atoms with E-state index in [-0.39, 0.29) is 12.1 Å². The minimum absolute atomic E-state index is 0.150. The van der Waals surface area contributed by atoms with E-state index in [0.29, 0.717) is 5.69 Å². The number of hydrogen-bond donors (Lipinski definition) is 3. The second-order valence-corrected chi connectivity index (χ2v) is 6.04. The topological polar surface area (TPSA) is 98.8 Å². The standard InChI is InChI=1S/C17H19N7O/c25-17(23-13-2-1-6-18-10-13)22-12-4-8-24(9-5-12)16-14-3-7-19-15(14)20-11-21-16/h1-3,6-7,10-12H,4-5,8-9H2,(H,19,20,21)(H2,22,23,25). The fourth-order valence-electron chi connectivity index (χ4n) is 3.14. The Bertz CT molecular complexity index is 856. The summed E-state index contributed by atoms with van der Waals surface area (Å²) < 4.78 is 0. The van der Waals surface area contributed by atoms with Crippen molar-refractivity contribution in [2.75, 3.05) is 23.3 Å². The summed E-state index contributed by atoms with van der Waals surface area (Å²) >= 11 is 0. The smallest absolute Gasteiger partial charge is 0.319 e. The first-order valence-electron chi connectivity index (χ1n) is 8.30. The van der Waals surface area contributed by atoms with Crippen molar-refractivity contribution >= 4 is 28.6 Å². The van der Waals surface area contributed by atoms with Crippen LogP contribution >= 0.6 is 0 Å². The molecule has 2 amide bonds. The second kappa shape index (κ2) is 6.76. The third kappa shape index (κ3) is 3.37. The largest absolute Gasteiger partial charge is 0.356 e. The van der Waals surface area contributed by atoms with E-state index in [2.05, 4.69) is 35.5 Å². The summed E-state index contributed by atoms with van der Waals surface area (Å²) in [6, 6.07) is 5.55. The van der Waals surface area contributed by atoms with Gasteiger partial charge in [0.05, 0.1) is 17.3 Å². The van der Waals surface area contributed by atoms with Gasteiger partial charge in [0, 0.05) is 31.5 Å². The van der Waals surface area contributed by atoms with Crippen molar-refractivity contribution in [3.63, 3.8) is 0 Å². The van der Waals surface area contributed by atoms with E-state index in [9.17, 15) is 4.79 Å². The van der Waals surface area contributed by atoms with E-state index in [4.69, 9.17) is 0 Å². The van der Waals surface area contributed by atoms with Crippen molar-refractivity contribution in [1.29, 1.82) is 0 Å². The molecule has 0 atom stereocenters. The molecule has 128 valence electrons. The third-order valence-electron chi connectivity index (χ3n) is 4.38. The van der Waals surface area contributed by atoms with Gasteiger partial charge in [-0.1, -0.05) is 0 Å². The number of carbonyl (C=O) groups excluding carboxylic acids is 1. The minimum Gasteiger partial charge on any atom is -0.356 e. The van der Waals surface area contributed by atoms with Gasteiger partial charge >= 0.3 is 6.03 Å². The van der Waals surface area contributed by atoms with Crippen LogP contribution in [0.15, 0.2) is 43.1 Å². The van der Waals surface area contributed by atoms with Gasteiger partial charge in [-0.2, -0.15) is 0 Å². The average molecular weight is 337 g/mol. The molecule has 0 unspecified atom stereocenters. The molecule has 1 saturated heterocycles. The summed E-state index contributed by atoms with van der Waals surface area (Å²) in [7, 11) is 0. The average Bonchev–Trinajstić information content (AvgIpc) is 3.12. The molecule has 0 radical (unpaired) electrons. The summed E-state index contributed by atoms with van der Waals surface area (Å²) in [6.07, 6.45) is 8.50. The van der Waals surface area contributed by atoms with Crippen LogP contribution in [-0.4, -0.2) is 45.1 Å². The first-order chi connectivity index (χ1) is 12.3. The maximum Gasteiger partial charge on any atom is 0.319 e. The lowest BCUT2D eigenvalue weighted by Crippen LogP contribution is -2.46. The van der Waals surface area contributed by atoms with Crippen LogP contribution in [0.3, 0.4) is 0 Å². The van der Waals surface area contributed by atoms with Gasteiger partial charge in [0.1, 0.15) is 17.8 Å². The highest BCUT2D eigenvalue weighted by atomic mass is 16.2. The van der Waals surface area contributed by atoms with Crippen molar-refractivity contribution in [2.45, 2.75) is 18.9 Å². The Labute approximate surface area is 144 Å². The van der Waals surface area contributed by atoms with Gasteiger partial charge in [-0.3, -0.25) is 4.98 Å². The Morgan fingerprint density at radius 3 is 2.92 bits per heavy atom. The summed E-state index contributed by atoms with van der Waals surface area (Å²) in [4.78, 5) is 30.1. The highest BCUT2D eigenvalue weighted by Gasteiger charge is 2.23. The predicted molar refractivity (Wildman–Crippen MR) is 95.5 cm³/mol. The number of piperidine rings is 1. The van der Waals surface area contributed by atoms with Crippen LogP contribution in [0.1, 0.15) is 12.8 Å². The number of nitrogens with zero attached hydrogens (tertiary/aromatic N) is 4. The molecule has 25 heavy (non-hydrogen) atoms. The number of amides is 2. The van der Waals surface area contributed by atoms with Gasteiger partial charge in [-0.05, 0) is 31.0 Å². The SMILES string of the molecule is O=C(Nc1cccnc1)NC1CCN(c2ncnc3[nH]ccc23)CC1. The number of urea groups is 1. The van der Waals surface area contributed by atoms with Crippen molar-refractivity contribution in [3.8, 4) is 0 Å². The van der Waals surface area contributed by atoms with Crippen LogP contribution in [0.5, 0.6) is 0 Å². The molecule has 3 aromatic heterocycles. The number of aromatic nitrogens is 4. The van der Waals surface area contributed by atoms with E-state index in [1.54, 1.807) is 24.8 Å². The van der Waals surface area contributed by atoms with Crippen molar-refractivity contribution in [1.82, 2.24) is 25.3 Å². The summed E-state index contributed by atoms with van der Waals surface area (Å²) in [5.74, 6) is 0.949. The van der Waals surface area contributed by atoms with Gasteiger partial charge in [0.15, 0.2) is 0 Å². The molecule has 0 aromatic carbocycles. The molecular weight excluding hydrogens is 318 g/mol. The lowest BCUT2D eigenvalue weighted by Gasteiger charge is -2.33. The molecule has 0 saturated carbocycles. The molecule has 8 nitrogen and oxygen atoms in total. The van der Waals surface area contributed by atoms with E-state index in [1.807, 2.05) is 18.3 Å². The Balaban J connectivity index is 1.34. The van der Waals surface area contributed by atoms with E-state index >= 15 is 0 Å². The summed E-state index contributed by atoms with van der Waals surface area (Å²) in [6.45, 7) is 1.68. The van der Waals surface area contributed by atoms with Gasteiger partial charge in [-0.15, -0.1) is 0 Å². The lowest BCUT2D eigenvalue weighted by molar-refractivity contribution is 0.246. The predicted octanol–water partition coefficient (Wildman–Crippen LogP) is 2.14. The number of carbonyl (C=O) groups is 1. The molecule has 1 aliphatic heterocycles. The fraction of sp³-hybridized carbons (Fsp3) is 0.294. The number of nitrogens with one attached hydrogen (secondary N) is 3. The molecule has 3 N–H and O–H groups in total. The number of aromatic amines is 1. The zero-order valence-electron chi connectivity index (χ0n) is 13.6. The molecule has 1 aliphatic rings. The van der Waals surface area contributed by atoms with E-state index in [1.165, 1.54) is 0 Å². The number of pyridine rings is 1. The number of fused-ring (bicyclic) bond motifs is 1. The lowest BCUT2D eigenvalue weighted by atomic mass is 10.1.